The molecule has 3 heteroatoms. The van der Waals surface area contributed by atoms with E-state index in [9.17, 15) is 4.79 Å². The number of hydrogen-bond acceptors (Lipinski definition) is 3. The second kappa shape index (κ2) is 5.77. The lowest BCUT2D eigenvalue weighted by atomic mass is 10.4. The summed E-state index contributed by atoms with van der Waals surface area (Å²) in [5.74, 6) is -0.272. The van der Waals surface area contributed by atoms with E-state index in [0.29, 0.717) is 13.2 Å². The zero-order chi connectivity index (χ0) is 8.69. The molecule has 0 fully saturated rings. The van der Waals surface area contributed by atoms with Crippen molar-refractivity contribution < 1.29 is 14.3 Å². The monoisotopic (exact) mass is 158 g/mol. The van der Waals surface area contributed by atoms with E-state index in [-0.39, 0.29) is 5.97 Å². The van der Waals surface area contributed by atoms with Gasteiger partial charge in [-0.2, -0.15) is 0 Å². The molecule has 0 heterocycles. The Hall–Kier alpha value is -0.990. The maximum absolute atomic E-state index is 10.2. The molecule has 0 unspecified atom stereocenters. The van der Waals surface area contributed by atoms with Crippen LogP contribution in [-0.2, 0) is 14.3 Å². The van der Waals surface area contributed by atoms with Gasteiger partial charge in [0.2, 0.25) is 0 Å². The summed E-state index contributed by atoms with van der Waals surface area (Å²) in [6, 6.07) is 0. The van der Waals surface area contributed by atoms with E-state index in [4.69, 9.17) is 4.74 Å². The van der Waals surface area contributed by atoms with Crippen LogP contribution in [0.3, 0.4) is 0 Å². The van der Waals surface area contributed by atoms with Crippen molar-refractivity contribution in [3.63, 3.8) is 0 Å². The van der Waals surface area contributed by atoms with Crippen LogP contribution in [-0.4, -0.2) is 19.2 Å². The number of carbonyl (C=O) groups is 1. The zero-order valence-electron chi connectivity index (χ0n) is 7.22. The Morgan fingerprint density at radius 2 is 1.91 bits per heavy atom. The topological polar surface area (TPSA) is 35.5 Å². The third kappa shape index (κ3) is 9.01. The summed E-state index contributed by atoms with van der Waals surface area (Å²) < 4.78 is 9.64. The highest BCUT2D eigenvalue weighted by atomic mass is 16.6. The Labute approximate surface area is 67.0 Å². The fourth-order valence-electron chi connectivity index (χ4n) is 0.459. The molecule has 0 rings (SSSR count). The Morgan fingerprint density at radius 1 is 1.27 bits per heavy atom. The maximum atomic E-state index is 10.2. The average Bonchev–Trinajstić information content (AvgIpc) is 1.85. The molecule has 0 aromatic carbocycles. The van der Waals surface area contributed by atoms with E-state index >= 15 is 0 Å². The van der Waals surface area contributed by atoms with Crippen LogP contribution in [0.4, 0.5) is 0 Å². The fourth-order valence-corrected chi connectivity index (χ4v) is 0.459. The molecule has 0 aromatic rings. The number of rotatable bonds is 4. The summed E-state index contributed by atoms with van der Waals surface area (Å²) in [6.07, 6.45) is 1.64. The summed E-state index contributed by atoms with van der Waals surface area (Å²) in [7, 11) is 0. The van der Waals surface area contributed by atoms with Crippen molar-refractivity contribution in [2.24, 2.45) is 0 Å². The van der Waals surface area contributed by atoms with Crippen molar-refractivity contribution in [1.82, 2.24) is 0 Å². The van der Waals surface area contributed by atoms with E-state index < -0.39 is 0 Å². The standard InChI is InChI=1S/C8H14O3/c1-7(2)6-10-4-5-11-8(3)9/h6H,4-5H2,1-3H3. The minimum atomic E-state index is -0.272. The Bertz CT molecular complexity index is 145. The van der Waals surface area contributed by atoms with Crippen LogP contribution >= 0.6 is 0 Å². The first-order valence-corrected chi connectivity index (χ1v) is 3.51. The number of ether oxygens (including phenoxy) is 2. The minimum absolute atomic E-state index is 0.272. The molecule has 0 radical (unpaired) electrons. The van der Waals surface area contributed by atoms with Crippen LogP contribution in [0.2, 0.25) is 0 Å². The number of esters is 1. The van der Waals surface area contributed by atoms with Crippen LogP contribution in [0.15, 0.2) is 11.8 Å². The third-order valence-electron chi connectivity index (χ3n) is 0.826. The van der Waals surface area contributed by atoms with Gasteiger partial charge in [-0.05, 0) is 19.4 Å². The van der Waals surface area contributed by atoms with Crippen LogP contribution in [0.1, 0.15) is 20.8 Å². The largest absolute Gasteiger partial charge is 0.498 e. The molecule has 0 saturated carbocycles. The first-order valence-electron chi connectivity index (χ1n) is 3.51. The summed E-state index contributed by atoms with van der Waals surface area (Å²) in [4.78, 5) is 10.2. The van der Waals surface area contributed by atoms with E-state index in [1.807, 2.05) is 13.8 Å². The molecule has 0 aromatic heterocycles. The lowest BCUT2D eigenvalue weighted by Gasteiger charge is -2.01. The normalized spacial score (nSPS) is 8.64. The molecule has 0 amide bonds. The molecule has 3 nitrogen and oxygen atoms in total. The van der Waals surface area contributed by atoms with Crippen molar-refractivity contribution >= 4 is 5.97 Å². The Balaban J connectivity index is 3.15. The van der Waals surface area contributed by atoms with Crippen LogP contribution < -0.4 is 0 Å². The smallest absolute Gasteiger partial charge is 0.302 e. The van der Waals surface area contributed by atoms with E-state index in [2.05, 4.69) is 4.74 Å². The second-order valence-corrected chi connectivity index (χ2v) is 2.41. The van der Waals surface area contributed by atoms with Crippen molar-refractivity contribution in [3.05, 3.63) is 11.8 Å². The predicted octanol–water partition coefficient (Wildman–Crippen LogP) is 1.49. The highest BCUT2D eigenvalue weighted by Crippen LogP contribution is 1.89. The van der Waals surface area contributed by atoms with Crippen LogP contribution in [0.5, 0.6) is 0 Å². The van der Waals surface area contributed by atoms with Gasteiger partial charge in [-0.15, -0.1) is 0 Å². The van der Waals surface area contributed by atoms with E-state index in [1.54, 1.807) is 6.26 Å². The molecule has 0 aliphatic rings. The van der Waals surface area contributed by atoms with Gasteiger partial charge in [0.25, 0.3) is 0 Å². The van der Waals surface area contributed by atoms with Crippen LogP contribution in [0, 0.1) is 0 Å². The fraction of sp³-hybridized carbons (Fsp3) is 0.625. The molecule has 0 bridgehead atoms. The molecular weight excluding hydrogens is 144 g/mol. The summed E-state index contributed by atoms with van der Waals surface area (Å²) in [6.45, 7) is 5.99. The summed E-state index contributed by atoms with van der Waals surface area (Å²) in [5.41, 5.74) is 1.09. The van der Waals surface area contributed by atoms with Gasteiger partial charge in [0.05, 0.1) is 6.26 Å². The van der Waals surface area contributed by atoms with Gasteiger partial charge in [0.15, 0.2) is 0 Å². The van der Waals surface area contributed by atoms with E-state index in [1.165, 1.54) is 6.92 Å². The van der Waals surface area contributed by atoms with Crippen molar-refractivity contribution in [3.8, 4) is 0 Å². The SMILES string of the molecule is CC(=O)OCCOC=C(C)C. The van der Waals surface area contributed by atoms with E-state index in [0.717, 1.165) is 5.57 Å². The molecule has 0 N–H and O–H groups in total. The molecular formula is C8H14O3. The van der Waals surface area contributed by atoms with Crippen molar-refractivity contribution in [2.75, 3.05) is 13.2 Å². The van der Waals surface area contributed by atoms with Gasteiger partial charge in [-0.3, -0.25) is 4.79 Å². The highest BCUT2D eigenvalue weighted by Gasteiger charge is 1.90. The molecule has 64 valence electrons. The van der Waals surface area contributed by atoms with Gasteiger partial charge in [0.1, 0.15) is 13.2 Å². The summed E-state index contributed by atoms with van der Waals surface area (Å²) >= 11 is 0. The quantitative estimate of drug-likeness (QED) is 0.353. The van der Waals surface area contributed by atoms with Gasteiger partial charge >= 0.3 is 5.97 Å². The van der Waals surface area contributed by atoms with Gasteiger partial charge < -0.3 is 9.47 Å². The lowest BCUT2D eigenvalue weighted by molar-refractivity contribution is -0.141. The Kier molecular flexibility index (Phi) is 5.25. The zero-order valence-corrected chi connectivity index (χ0v) is 7.22. The molecule has 0 saturated heterocycles. The number of hydrogen-bond donors (Lipinski definition) is 0. The van der Waals surface area contributed by atoms with Gasteiger partial charge in [-0.1, -0.05) is 0 Å². The first kappa shape index (κ1) is 10.0. The van der Waals surface area contributed by atoms with Gasteiger partial charge in [0, 0.05) is 6.92 Å². The van der Waals surface area contributed by atoms with Crippen molar-refractivity contribution in [2.45, 2.75) is 20.8 Å². The number of allylic oxidation sites excluding steroid dienone is 1. The van der Waals surface area contributed by atoms with Crippen LogP contribution in [0.25, 0.3) is 0 Å². The third-order valence-corrected chi connectivity index (χ3v) is 0.826. The first-order chi connectivity index (χ1) is 5.13. The predicted molar refractivity (Wildman–Crippen MR) is 42.0 cm³/mol. The Morgan fingerprint density at radius 3 is 2.36 bits per heavy atom. The molecule has 0 spiro atoms. The minimum Gasteiger partial charge on any atom is -0.498 e. The summed E-state index contributed by atoms with van der Waals surface area (Å²) in [5, 5.41) is 0. The molecule has 11 heavy (non-hydrogen) atoms. The number of carbonyl (C=O) groups excluding carboxylic acids is 1. The van der Waals surface area contributed by atoms with Crippen molar-refractivity contribution in [1.29, 1.82) is 0 Å². The molecule has 0 atom stereocenters. The molecule has 0 aliphatic heterocycles. The lowest BCUT2D eigenvalue weighted by Crippen LogP contribution is -2.05. The highest BCUT2D eigenvalue weighted by molar-refractivity contribution is 5.65. The molecule has 0 aliphatic carbocycles. The maximum Gasteiger partial charge on any atom is 0.302 e. The second-order valence-electron chi connectivity index (χ2n) is 2.41. The average molecular weight is 158 g/mol. The van der Waals surface area contributed by atoms with Gasteiger partial charge in [-0.25, -0.2) is 0 Å².